The molecule has 0 unspecified atom stereocenters. The van der Waals surface area contributed by atoms with E-state index in [0.717, 1.165) is 20.9 Å². The van der Waals surface area contributed by atoms with Gasteiger partial charge in [-0.2, -0.15) is 0 Å². The summed E-state index contributed by atoms with van der Waals surface area (Å²) in [5, 5.41) is 11.6. The molecule has 0 atom stereocenters. The summed E-state index contributed by atoms with van der Waals surface area (Å²) in [7, 11) is 0. The van der Waals surface area contributed by atoms with Gasteiger partial charge in [0.1, 0.15) is 5.01 Å². The summed E-state index contributed by atoms with van der Waals surface area (Å²) in [6.07, 6.45) is 0.648. The summed E-state index contributed by atoms with van der Waals surface area (Å²) in [5.41, 5.74) is 0.872. The van der Waals surface area contributed by atoms with Gasteiger partial charge in [-0.1, -0.05) is 22.0 Å². The van der Waals surface area contributed by atoms with Crippen LogP contribution < -0.4 is 0 Å². The third-order valence-corrected chi connectivity index (χ3v) is 4.93. The number of halogens is 1. The number of thioether (sulfide) groups is 1. The Morgan fingerprint density at radius 2 is 2.32 bits per heavy atom. The summed E-state index contributed by atoms with van der Waals surface area (Å²) in [6, 6.07) is 8.14. The maximum atomic E-state index is 10.5. The van der Waals surface area contributed by atoms with Crippen molar-refractivity contribution in [3.63, 3.8) is 0 Å². The van der Waals surface area contributed by atoms with Gasteiger partial charge in [0.25, 0.3) is 0 Å². The van der Waals surface area contributed by atoms with Crippen molar-refractivity contribution in [1.82, 2.24) is 4.98 Å². The standard InChI is InChI=1S/C13H12BrNO2S2/c14-9-2-1-3-11(6-9)18-8-12-15-10(7-19-12)4-5-13(16)17/h1-3,6-7H,4-5,8H2,(H,16,17). The summed E-state index contributed by atoms with van der Waals surface area (Å²) >= 11 is 6.76. The fourth-order valence-electron chi connectivity index (χ4n) is 1.47. The lowest BCUT2D eigenvalue weighted by molar-refractivity contribution is -0.136. The number of nitrogens with zero attached hydrogens (tertiary/aromatic N) is 1. The van der Waals surface area contributed by atoms with Crippen molar-refractivity contribution in [3.8, 4) is 0 Å². The molecule has 1 aromatic carbocycles. The molecule has 1 aromatic heterocycles. The minimum absolute atomic E-state index is 0.141. The maximum absolute atomic E-state index is 10.5. The van der Waals surface area contributed by atoms with Crippen LogP contribution in [0.5, 0.6) is 0 Å². The zero-order chi connectivity index (χ0) is 13.7. The van der Waals surface area contributed by atoms with Crippen LogP contribution in [0.4, 0.5) is 0 Å². The number of carboxylic acids is 1. The van der Waals surface area contributed by atoms with Crippen molar-refractivity contribution in [3.05, 3.63) is 44.8 Å². The molecule has 0 aliphatic rings. The summed E-state index contributed by atoms with van der Waals surface area (Å²) in [4.78, 5) is 16.1. The lowest BCUT2D eigenvalue weighted by Crippen LogP contribution is -1.97. The van der Waals surface area contributed by atoms with Crippen LogP contribution in [0.3, 0.4) is 0 Å². The molecule has 0 spiro atoms. The topological polar surface area (TPSA) is 50.2 Å². The second-order valence-electron chi connectivity index (χ2n) is 3.87. The van der Waals surface area contributed by atoms with Crippen LogP contribution in [-0.4, -0.2) is 16.1 Å². The number of aliphatic carboxylic acids is 1. The number of aryl methyl sites for hydroxylation is 1. The lowest BCUT2D eigenvalue weighted by Gasteiger charge is -1.99. The van der Waals surface area contributed by atoms with Crippen LogP contribution in [0.2, 0.25) is 0 Å². The van der Waals surface area contributed by atoms with Crippen LogP contribution in [0.1, 0.15) is 17.1 Å². The van der Waals surface area contributed by atoms with Gasteiger partial charge in [-0.15, -0.1) is 23.1 Å². The molecule has 6 heteroatoms. The minimum atomic E-state index is -0.780. The molecule has 0 bridgehead atoms. The van der Waals surface area contributed by atoms with Gasteiger partial charge in [0.15, 0.2) is 0 Å². The first-order chi connectivity index (χ1) is 9.13. The van der Waals surface area contributed by atoms with Gasteiger partial charge >= 0.3 is 5.97 Å². The summed E-state index contributed by atoms with van der Waals surface area (Å²) in [5.74, 6) is 0.0341. The smallest absolute Gasteiger partial charge is 0.303 e. The van der Waals surface area contributed by atoms with E-state index in [1.165, 1.54) is 4.90 Å². The van der Waals surface area contributed by atoms with Crippen molar-refractivity contribution >= 4 is 45.0 Å². The second-order valence-corrected chi connectivity index (χ2v) is 6.78. The van der Waals surface area contributed by atoms with E-state index in [-0.39, 0.29) is 6.42 Å². The Labute approximate surface area is 128 Å². The van der Waals surface area contributed by atoms with Crippen molar-refractivity contribution in [2.24, 2.45) is 0 Å². The Morgan fingerprint density at radius 3 is 3.05 bits per heavy atom. The van der Waals surface area contributed by atoms with Crippen LogP contribution in [0.15, 0.2) is 39.0 Å². The molecule has 0 aliphatic carbocycles. The molecule has 0 saturated heterocycles. The van der Waals surface area contributed by atoms with Gasteiger partial charge in [-0.05, 0) is 18.2 Å². The van der Waals surface area contributed by atoms with Crippen LogP contribution in [0.25, 0.3) is 0 Å². The average molecular weight is 358 g/mol. The highest BCUT2D eigenvalue weighted by atomic mass is 79.9. The third-order valence-electron chi connectivity index (χ3n) is 2.35. The van der Waals surface area contributed by atoms with E-state index in [1.807, 2.05) is 17.5 Å². The Kier molecular flexibility index (Phi) is 5.42. The van der Waals surface area contributed by atoms with E-state index < -0.39 is 5.97 Å². The first kappa shape index (κ1) is 14.6. The minimum Gasteiger partial charge on any atom is -0.481 e. The average Bonchev–Trinajstić information content (AvgIpc) is 2.82. The normalized spacial score (nSPS) is 10.6. The van der Waals surface area contributed by atoms with E-state index in [9.17, 15) is 4.79 Å². The van der Waals surface area contributed by atoms with Gasteiger partial charge in [-0.3, -0.25) is 4.79 Å². The number of hydrogen-bond acceptors (Lipinski definition) is 4. The van der Waals surface area contributed by atoms with Gasteiger partial charge in [0.2, 0.25) is 0 Å². The molecule has 2 rings (SSSR count). The van der Waals surface area contributed by atoms with E-state index in [0.29, 0.717) is 6.42 Å². The van der Waals surface area contributed by atoms with E-state index in [2.05, 4.69) is 33.0 Å². The first-order valence-electron chi connectivity index (χ1n) is 5.67. The highest BCUT2D eigenvalue weighted by Gasteiger charge is 2.05. The largest absolute Gasteiger partial charge is 0.481 e. The molecule has 3 nitrogen and oxygen atoms in total. The van der Waals surface area contributed by atoms with E-state index in [1.54, 1.807) is 23.1 Å². The Balaban J connectivity index is 1.88. The molecule has 0 radical (unpaired) electrons. The molecule has 1 heterocycles. The molecule has 0 fully saturated rings. The Morgan fingerprint density at radius 1 is 1.47 bits per heavy atom. The number of aromatic nitrogens is 1. The van der Waals surface area contributed by atoms with Crippen molar-refractivity contribution in [2.75, 3.05) is 0 Å². The zero-order valence-corrected chi connectivity index (χ0v) is 13.2. The number of thiazole rings is 1. The van der Waals surface area contributed by atoms with Gasteiger partial charge in [0.05, 0.1) is 17.9 Å². The van der Waals surface area contributed by atoms with Crippen molar-refractivity contribution in [1.29, 1.82) is 0 Å². The monoisotopic (exact) mass is 357 g/mol. The molecule has 100 valence electrons. The quantitative estimate of drug-likeness (QED) is 0.786. The molecule has 0 aliphatic heterocycles. The number of carbonyl (C=O) groups is 1. The summed E-state index contributed by atoms with van der Waals surface area (Å²) in [6.45, 7) is 0. The second kappa shape index (κ2) is 7.07. The molecule has 0 saturated carbocycles. The Bertz CT molecular complexity index is 571. The number of carboxylic acid groups (broad SMARTS) is 1. The molecule has 19 heavy (non-hydrogen) atoms. The van der Waals surface area contributed by atoms with Gasteiger partial charge < -0.3 is 5.11 Å². The lowest BCUT2D eigenvalue weighted by atomic mass is 10.2. The highest BCUT2D eigenvalue weighted by Crippen LogP contribution is 2.26. The number of hydrogen-bond donors (Lipinski definition) is 1. The maximum Gasteiger partial charge on any atom is 0.303 e. The van der Waals surface area contributed by atoms with Crippen LogP contribution in [-0.2, 0) is 17.0 Å². The molecular formula is C13H12BrNO2S2. The zero-order valence-electron chi connectivity index (χ0n) is 10.0. The van der Waals surface area contributed by atoms with Crippen LogP contribution >= 0.6 is 39.0 Å². The fraction of sp³-hybridized carbons (Fsp3) is 0.231. The van der Waals surface area contributed by atoms with Crippen molar-refractivity contribution in [2.45, 2.75) is 23.5 Å². The fourth-order valence-corrected chi connectivity index (χ4v) is 3.82. The third kappa shape index (κ3) is 4.97. The van der Waals surface area contributed by atoms with Gasteiger partial charge in [0, 0.05) is 21.2 Å². The SMILES string of the molecule is O=C(O)CCc1csc(CSc2cccc(Br)c2)n1. The Hall–Kier alpha value is -0.850. The molecule has 0 amide bonds. The molecular weight excluding hydrogens is 346 g/mol. The number of rotatable bonds is 6. The van der Waals surface area contributed by atoms with E-state index >= 15 is 0 Å². The predicted molar refractivity (Wildman–Crippen MR) is 81.8 cm³/mol. The van der Waals surface area contributed by atoms with Crippen LogP contribution in [0, 0.1) is 0 Å². The van der Waals surface area contributed by atoms with Crippen molar-refractivity contribution < 1.29 is 9.90 Å². The predicted octanol–water partition coefficient (Wildman–Crippen LogP) is 4.22. The molecule has 2 aromatic rings. The summed E-state index contributed by atoms with van der Waals surface area (Å²) < 4.78 is 1.07. The highest BCUT2D eigenvalue weighted by molar-refractivity contribution is 9.10. The molecule has 1 N–H and O–H groups in total. The van der Waals surface area contributed by atoms with Gasteiger partial charge in [-0.25, -0.2) is 4.98 Å². The first-order valence-corrected chi connectivity index (χ1v) is 8.33. The van der Waals surface area contributed by atoms with E-state index in [4.69, 9.17) is 5.11 Å². The number of benzene rings is 1.